The van der Waals surface area contributed by atoms with Crippen LogP contribution in [0.15, 0.2) is 42.7 Å². The highest BCUT2D eigenvalue weighted by Gasteiger charge is 2.34. The van der Waals surface area contributed by atoms with E-state index in [4.69, 9.17) is 4.74 Å². The van der Waals surface area contributed by atoms with Crippen LogP contribution in [0.2, 0.25) is 0 Å². The number of carbonyl (C=O) groups excluding carboxylic acids is 1. The van der Waals surface area contributed by atoms with Gasteiger partial charge in [0.2, 0.25) is 0 Å². The highest BCUT2D eigenvalue weighted by Crippen LogP contribution is 2.29. The van der Waals surface area contributed by atoms with Gasteiger partial charge in [0.05, 0.1) is 12.3 Å². The SMILES string of the molecule is O=C(NCc1ccc(-n2cccn2)cc1)N(CC1CCOC1)C1CC1. The predicted octanol–water partition coefficient (Wildman–Crippen LogP) is 2.58. The van der Waals surface area contributed by atoms with Gasteiger partial charge in [0.1, 0.15) is 0 Å². The molecule has 6 heteroatoms. The maximum absolute atomic E-state index is 12.6. The summed E-state index contributed by atoms with van der Waals surface area (Å²) >= 11 is 0. The first-order chi connectivity index (χ1) is 12.3. The monoisotopic (exact) mass is 340 g/mol. The van der Waals surface area contributed by atoms with E-state index >= 15 is 0 Å². The van der Waals surface area contributed by atoms with Crippen LogP contribution in [-0.2, 0) is 11.3 Å². The zero-order valence-corrected chi connectivity index (χ0v) is 14.3. The normalized spacial score (nSPS) is 19.8. The van der Waals surface area contributed by atoms with Crippen LogP contribution < -0.4 is 5.32 Å². The summed E-state index contributed by atoms with van der Waals surface area (Å²) in [5.41, 5.74) is 2.10. The van der Waals surface area contributed by atoms with Gasteiger partial charge in [-0.15, -0.1) is 0 Å². The number of hydrogen-bond donors (Lipinski definition) is 1. The lowest BCUT2D eigenvalue weighted by molar-refractivity contribution is 0.162. The van der Waals surface area contributed by atoms with Gasteiger partial charge >= 0.3 is 6.03 Å². The second kappa shape index (κ2) is 7.27. The van der Waals surface area contributed by atoms with Gasteiger partial charge in [-0.2, -0.15) is 5.10 Å². The molecule has 1 saturated carbocycles. The molecule has 1 saturated heterocycles. The Hall–Kier alpha value is -2.34. The van der Waals surface area contributed by atoms with Gasteiger partial charge in [-0.1, -0.05) is 12.1 Å². The lowest BCUT2D eigenvalue weighted by atomic mass is 10.1. The molecule has 0 bridgehead atoms. The Kier molecular flexibility index (Phi) is 4.70. The van der Waals surface area contributed by atoms with Crippen LogP contribution >= 0.6 is 0 Å². The molecule has 132 valence electrons. The van der Waals surface area contributed by atoms with Gasteiger partial charge in [0, 0.05) is 44.0 Å². The third-order valence-corrected chi connectivity index (χ3v) is 4.88. The summed E-state index contributed by atoms with van der Waals surface area (Å²) < 4.78 is 7.26. The van der Waals surface area contributed by atoms with E-state index in [-0.39, 0.29) is 6.03 Å². The summed E-state index contributed by atoms with van der Waals surface area (Å²) in [7, 11) is 0. The molecule has 2 aliphatic rings. The number of nitrogens with zero attached hydrogens (tertiary/aromatic N) is 3. The Morgan fingerprint density at radius 1 is 1.28 bits per heavy atom. The average molecular weight is 340 g/mol. The van der Waals surface area contributed by atoms with E-state index in [9.17, 15) is 4.79 Å². The number of rotatable bonds is 6. The molecule has 25 heavy (non-hydrogen) atoms. The molecule has 1 aromatic heterocycles. The molecule has 1 N–H and O–H groups in total. The average Bonchev–Trinajstić information content (AvgIpc) is 3.12. The molecule has 4 rings (SSSR count). The number of amides is 2. The first-order valence-corrected chi connectivity index (χ1v) is 9.01. The molecule has 1 aliphatic heterocycles. The molecule has 2 heterocycles. The van der Waals surface area contributed by atoms with Crippen molar-refractivity contribution in [3.63, 3.8) is 0 Å². The van der Waals surface area contributed by atoms with Crippen molar-refractivity contribution in [1.29, 1.82) is 0 Å². The number of ether oxygens (including phenoxy) is 1. The van der Waals surface area contributed by atoms with Crippen LogP contribution in [0.5, 0.6) is 0 Å². The Morgan fingerprint density at radius 2 is 2.12 bits per heavy atom. The van der Waals surface area contributed by atoms with Crippen LogP contribution in [0, 0.1) is 5.92 Å². The van der Waals surface area contributed by atoms with Crippen molar-refractivity contribution in [2.24, 2.45) is 5.92 Å². The first kappa shape index (κ1) is 16.1. The minimum Gasteiger partial charge on any atom is -0.381 e. The van der Waals surface area contributed by atoms with Crippen molar-refractivity contribution >= 4 is 6.03 Å². The maximum atomic E-state index is 12.6. The van der Waals surface area contributed by atoms with E-state index in [1.165, 1.54) is 0 Å². The molecule has 1 aliphatic carbocycles. The topological polar surface area (TPSA) is 59.4 Å². The number of carbonyl (C=O) groups is 1. The highest BCUT2D eigenvalue weighted by molar-refractivity contribution is 5.75. The molecule has 1 aromatic carbocycles. The Labute approximate surface area is 147 Å². The molecular weight excluding hydrogens is 316 g/mol. The number of aromatic nitrogens is 2. The van der Waals surface area contributed by atoms with Gasteiger partial charge in [-0.3, -0.25) is 0 Å². The number of hydrogen-bond acceptors (Lipinski definition) is 3. The smallest absolute Gasteiger partial charge is 0.317 e. The molecule has 6 nitrogen and oxygen atoms in total. The molecule has 1 atom stereocenters. The third kappa shape index (κ3) is 4.02. The van der Waals surface area contributed by atoms with E-state index in [1.54, 1.807) is 6.20 Å². The summed E-state index contributed by atoms with van der Waals surface area (Å²) in [5, 5.41) is 7.29. The van der Waals surface area contributed by atoms with Gasteiger partial charge < -0.3 is 15.0 Å². The summed E-state index contributed by atoms with van der Waals surface area (Å²) in [5.74, 6) is 0.486. The van der Waals surface area contributed by atoms with Gasteiger partial charge in [-0.05, 0) is 43.0 Å². The third-order valence-electron chi connectivity index (χ3n) is 4.88. The minimum absolute atomic E-state index is 0.0468. The van der Waals surface area contributed by atoms with E-state index in [0.29, 0.717) is 18.5 Å². The van der Waals surface area contributed by atoms with Crippen molar-refractivity contribution < 1.29 is 9.53 Å². The van der Waals surface area contributed by atoms with Crippen LogP contribution in [0.1, 0.15) is 24.8 Å². The number of urea groups is 1. The van der Waals surface area contributed by atoms with Crippen molar-refractivity contribution in [2.75, 3.05) is 19.8 Å². The number of nitrogens with one attached hydrogen (secondary N) is 1. The fourth-order valence-corrected chi connectivity index (χ4v) is 3.26. The lowest BCUT2D eigenvalue weighted by Crippen LogP contribution is -2.43. The van der Waals surface area contributed by atoms with Crippen molar-refractivity contribution in [3.05, 3.63) is 48.3 Å². The van der Waals surface area contributed by atoms with Crippen LogP contribution in [0.25, 0.3) is 5.69 Å². The zero-order chi connectivity index (χ0) is 17.1. The second-order valence-electron chi connectivity index (χ2n) is 6.89. The quantitative estimate of drug-likeness (QED) is 0.879. The summed E-state index contributed by atoms with van der Waals surface area (Å²) in [6.07, 6.45) is 6.98. The minimum atomic E-state index is 0.0468. The highest BCUT2D eigenvalue weighted by atomic mass is 16.5. The van der Waals surface area contributed by atoms with Gasteiger partial charge in [0.25, 0.3) is 0 Å². The molecule has 0 radical (unpaired) electrons. The Bertz CT molecular complexity index is 689. The Balaban J connectivity index is 1.32. The number of benzene rings is 1. The van der Waals surface area contributed by atoms with Crippen molar-refractivity contribution in [2.45, 2.75) is 31.8 Å². The first-order valence-electron chi connectivity index (χ1n) is 9.01. The molecule has 2 aromatic rings. The van der Waals surface area contributed by atoms with E-state index in [0.717, 1.165) is 50.3 Å². The predicted molar refractivity (Wildman–Crippen MR) is 94.5 cm³/mol. The molecule has 2 fully saturated rings. The summed E-state index contributed by atoms with van der Waals surface area (Å²) in [6.45, 7) is 2.97. The van der Waals surface area contributed by atoms with Crippen LogP contribution in [0.4, 0.5) is 4.79 Å². The van der Waals surface area contributed by atoms with Gasteiger partial charge in [-0.25, -0.2) is 9.48 Å². The molecular formula is C19H24N4O2. The van der Waals surface area contributed by atoms with E-state index < -0.39 is 0 Å². The largest absolute Gasteiger partial charge is 0.381 e. The summed E-state index contributed by atoms with van der Waals surface area (Å²) in [6, 6.07) is 10.5. The lowest BCUT2D eigenvalue weighted by Gasteiger charge is -2.25. The fraction of sp³-hybridized carbons (Fsp3) is 0.474. The van der Waals surface area contributed by atoms with Crippen molar-refractivity contribution in [1.82, 2.24) is 20.0 Å². The maximum Gasteiger partial charge on any atom is 0.317 e. The molecule has 1 unspecified atom stereocenters. The second-order valence-corrected chi connectivity index (χ2v) is 6.89. The van der Waals surface area contributed by atoms with Gasteiger partial charge in [0.15, 0.2) is 0 Å². The van der Waals surface area contributed by atoms with Crippen molar-refractivity contribution in [3.8, 4) is 5.69 Å². The fourth-order valence-electron chi connectivity index (χ4n) is 3.26. The standard InChI is InChI=1S/C19H24N4O2/c24-19(22(17-6-7-17)13-16-8-11-25-14-16)20-12-15-2-4-18(5-3-15)23-10-1-9-21-23/h1-5,9-10,16-17H,6-8,11-14H2,(H,20,24). The zero-order valence-electron chi connectivity index (χ0n) is 14.3. The molecule has 0 spiro atoms. The van der Waals surface area contributed by atoms with E-state index in [2.05, 4.69) is 10.4 Å². The van der Waals surface area contributed by atoms with Crippen LogP contribution in [0.3, 0.4) is 0 Å². The Morgan fingerprint density at radius 3 is 2.76 bits per heavy atom. The molecule has 2 amide bonds. The van der Waals surface area contributed by atoms with Crippen LogP contribution in [-0.4, -0.2) is 46.5 Å². The summed E-state index contributed by atoms with van der Waals surface area (Å²) in [4.78, 5) is 14.6. The van der Waals surface area contributed by atoms with E-state index in [1.807, 2.05) is 46.1 Å².